The van der Waals surface area contributed by atoms with Gasteiger partial charge in [-0.3, -0.25) is 14.1 Å². The topological polar surface area (TPSA) is 97.4 Å². The Morgan fingerprint density at radius 2 is 1.67 bits per heavy atom. The smallest absolute Gasteiger partial charge is 0.416 e. The molecular weight excluding hydrogens is 612 g/mol. The van der Waals surface area contributed by atoms with Crippen molar-refractivity contribution < 1.29 is 35.2 Å². The second-order valence-corrected chi connectivity index (χ2v) is 12.4. The highest BCUT2D eigenvalue weighted by atomic mass is 32.2. The zero-order chi connectivity index (χ0) is 32.3. The normalized spacial score (nSPS) is 12.2. The van der Waals surface area contributed by atoms with Crippen molar-refractivity contribution in [1.82, 2.24) is 14.9 Å². The number of nitrogens with zero attached hydrogens (tertiary/aromatic N) is 3. The molecule has 0 unspecified atom stereocenters. The molecule has 0 saturated heterocycles. The molecule has 0 aliphatic heterocycles. The maximum absolute atomic E-state index is 13.7. The van der Waals surface area contributed by atoms with Gasteiger partial charge in [0.15, 0.2) is 0 Å². The summed E-state index contributed by atoms with van der Waals surface area (Å²) >= 11 is 0. The molecule has 3 aromatic heterocycles. The molecule has 0 aliphatic rings. The van der Waals surface area contributed by atoms with Gasteiger partial charge in [-0.05, 0) is 66.7 Å². The number of benzene rings is 3. The van der Waals surface area contributed by atoms with Gasteiger partial charge in [-0.15, -0.1) is 0 Å². The number of nitrogens with one attached hydrogen (secondary N) is 1. The van der Waals surface area contributed by atoms with Crippen molar-refractivity contribution in [1.29, 1.82) is 0 Å². The van der Waals surface area contributed by atoms with Crippen LogP contribution < -0.4 is 9.62 Å². The molecule has 6 aromatic rings. The molecule has 1 amide bonds. The van der Waals surface area contributed by atoms with Crippen molar-refractivity contribution >= 4 is 43.6 Å². The number of halogens is 4. The number of anilines is 1. The van der Waals surface area contributed by atoms with Crippen LogP contribution in [0.2, 0.25) is 0 Å². The van der Waals surface area contributed by atoms with Gasteiger partial charge in [0.05, 0.1) is 34.1 Å². The minimum Gasteiger partial charge on any atom is -0.455 e. The van der Waals surface area contributed by atoms with E-state index in [4.69, 9.17) is 4.42 Å². The molecule has 8 nitrogen and oxygen atoms in total. The van der Waals surface area contributed by atoms with Crippen LogP contribution in [0.15, 0.2) is 89.6 Å². The minimum atomic E-state index is -4.48. The van der Waals surface area contributed by atoms with Crippen molar-refractivity contribution in [2.45, 2.75) is 6.18 Å². The predicted octanol–water partition coefficient (Wildman–Crippen LogP) is 7.02. The number of sulfonamides is 1. The Labute approximate surface area is 254 Å². The summed E-state index contributed by atoms with van der Waals surface area (Å²) in [7, 11) is -0.953. The SMILES string of the molecule is CNC(=O)c1c(-c2ccc(F)cc2)oc2cc(N(C)S(C)(=O)=O)c(-c3cnc4ccn(-c5ccc(C(F)(F)F)cc5)c4c3)cc12. The molecule has 0 fully saturated rings. The summed E-state index contributed by atoms with van der Waals surface area (Å²) in [5.74, 6) is -0.785. The molecule has 0 aliphatic carbocycles. The van der Waals surface area contributed by atoms with Crippen LogP contribution in [0.5, 0.6) is 0 Å². The summed E-state index contributed by atoms with van der Waals surface area (Å²) in [6.45, 7) is 0. The van der Waals surface area contributed by atoms with E-state index >= 15 is 0 Å². The lowest BCUT2D eigenvalue weighted by atomic mass is 9.99. The molecule has 0 bridgehead atoms. The lowest BCUT2D eigenvalue weighted by Crippen LogP contribution is -2.25. The Bertz CT molecular complexity index is 2210. The fourth-order valence-corrected chi connectivity index (χ4v) is 5.66. The van der Waals surface area contributed by atoms with E-state index < -0.39 is 33.5 Å². The van der Waals surface area contributed by atoms with E-state index in [0.717, 1.165) is 22.7 Å². The van der Waals surface area contributed by atoms with E-state index in [1.165, 1.54) is 56.6 Å². The van der Waals surface area contributed by atoms with Gasteiger partial charge >= 0.3 is 6.18 Å². The van der Waals surface area contributed by atoms with Crippen LogP contribution >= 0.6 is 0 Å². The molecule has 1 N–H and O–H groups in total. The summed E-state index contributed by atoms with van der Waals surface area (Å²) < 4.78 is 87.5. The predicted molar refractivity (Wildman–Crippen MR) is 163 cm³/mol. The van der Waals surface area contributed by atoms with Crippen LogP contribution in [0, 0.1) is 5.82 Å². The first-order valence-corrected chi connectivity index (χ1v) is 15.3. The number of fused-ring (bicyclic) bond motifs is 2. The fraction of sp³-hybridized carbons (Fsp3) is 0.125. The number of amides is 1. The molecule has 0 radical (unpaired) electrons. The van der Waals surface area contributed by atoms with Gasteiger partial charge in [-0.1, -0.05) is 0 Å². The Kier molecular flexibility index (Phi) is 7.15. The Hall–Kier alpha value is -5.17. The third-order valence-corrected chi connectivity index (χ3v) is 8.72. The number of hydrogen-bond acceptors (Lipinski definition) is 5. The van der Waals surface area contributed by atoms with Crippen LogP contribution in [0.1, 0.15) is 15.9 Å². The molecule has 0 atom stereocenters. The second kappa shape index (κ2) is 10.8. The molecule has 3 aromatic carbocycles. The van der Waals surface area contributed by atoms with Gasteiger partial charge in [0.25, 0.3) is 5.91 Å². The number of alkyl halides is 3. The van der Waals surface area contributed by atoms with E-state index in [0.29, 0.717) is 38.8 Å². The first-order chi connectivity index (χ1) is 21.3. The zero-order valence-electron chi connectivity index (χ0n) is 24.0. The van der Waals surface area contributed by atoms with Gasteiger partial charge in [-0.2, -0.15) is 13.2 Å². The van der Waals surface area contributed by atoms with Crippen LogP contribution in [0.4, 0.5) is 23.2 Å². The highest BCUT2D eigenvalue weighted by Gasteiger charge is 2.30. The third-order valence-electron chi connectivity index (χ3n) is 7.53. The molecular formula is C32H24F4N4O4S. The van der Waals surface area contributed by atoms with Crippen LogP contribution in [0.25, 0.3) is 50.1 Å². The van der Waals surface area contributed by atoms with Crippen LogP contribution in [0.3, 0.4) is 0 Å². The highest BCUT2D eigenvalue weighted by Crippen LogP contribution is 2.42. The number of carbonyl (C=O) groups is 1. The average Bonchev–Trinajstić information content (AvgIpc) is 3.60. The number of hydrogen-bond donors (Lipinski definition) is 1. The van der Waals surface area contributed by atoms with Crippen molar-refractivity contribution in [3.05, 3.63) is 102 Å². The Morgan fingerprint density at radius 3 is 2.29 bits per heavy atom. The maximum Gasteiger partial charge on any atom is 0.416 e. The first-order valence-electron chi connectivity index (χ1n) is 13.4. The van der Waals surface area contributed by atoms with Gasteiger partial charge < -0.3 is 14.3 Å². The van der Waals surface area contributed by atoms with E-state index in [-0.39, 0.29) is 22.6 Å². The number of furan rings is 1. The maximum atomic E-state index is 13.7. The lowest BCUT2D eigenvalue weighted by molar-refractivity contribution is -0.137. The molecule has 0 spiro atoms. The summed E-state index contributed by atoms with van der Waals surface area (Å²) in [5, 5.41) is 2.96. The molecule has 0 saturated carbocycles. The number of carbonyl (C=O) groups excluding carboxylic acids is 1. The van der Waals surface area contributed by atoms with Crippen molar-refractivity contribution in [2.75, 3.05) is 24.7 Å². The first kappa shape index (κ1) is 29.9. The van der Waals surface area contributed by atoms with Gasteiger partial charge in [0.1, 0.15) is 17.2 Å². The molecule has 230 valence electrons. The van der Waals surface area contributed by atoms with Crippen molar-refractivity contribution in [2.24, 2.45) is 0 Å². The van der Waals surface area contributed by atoms with Gasteiger partial charge in [0.2, 0.25) is 10.0 Å². The molecule has 13 heteroatoms. The largest absolute Gasteiger partial charge is 0.455 e. The second-order valence-electron chi connectivity index (χ2n) is 10.3. The number of aromatic nitrogens is 2. The van der Waals surface area contributed by atoms with Crippen molar-refractivity contribution in [3.8, 4) is 28.1 Å². The summed E-state index contributed by atoms with van der Waals surface area (Å²) in [6.07, 6.45) is -0.226. The third kappa shape index (κ3) is 5.39. The summed E-state index contributed by atoms with van der Waals surface area (Å²) in [5.41, 5.74) is 2.66. The standard InChI is InChI=1S/C32H24F4N4O4S/c1-37-31(41)29-24-15-23(26(39(2)45(3,42)43)16-28(24)44-30(29)18-4-8-21(33)9-5-18)19-14-27-25(38-17-19)12-13-40(27)22-10-6-20(7-11-22)32(34,35)36/h4-17H,1-3H3,(H,37,41). The molecule has 3 heterocycles. The van der Waals surface area contributed by atoms with E-state index in [1.54, 1.807) is 35.2 Å². The van der Waals surface area contributed by atoms with Crippen LogP contribution in [-0.2, 0) is 16.2 Å². The minimum absolute atomic E-state index is 0.163. The Morgan fingerprint density at radius 1 is 0.978 bits per heavy atom. The van der Waals surface area contributed by atoms with Gasteiger partial charge in [0, 0.05) is 60.3 Å². The number of rotatable bonds is 6. The van der Waals surface area contributed by atoms with Gasteiger partial charge in [-0.25, -0.2) is 12.8 Å². The van der Waals surface area contributed by atoms with E-state index in [9.17, 15) is 30.8 Å². The number of pyridine rings is 1. The molecule has 6 rings (SSSR count). The average molecular weight is 637 g/mol. The van der Waals surface area contributed by atoms with E-state index in [1.807, 2.05) is 0 Å². The summed E-state index contributed by atoms with van der Waals surface area (Å²) in [6, 6.07) is 16.7. The fourth-order valence-electron chi connectivity index (χ4n) is 5.15. The van der Waals surface area contributed by atoms with E-state index in [2.05, 4.69) is 10.3 Å². The Balaban J connectivity index is 1.59. The quantitative estimate of drug-likeness (QED) is 0.198. The van der Waals surface area contributed by atoms with Crippen LogP contribution in [-0.4, -0.2) is 44.2 Å². The van der Waals surface area contributed by atoms with Crippen molar-refractivity contribution in [3.63, 3.8) is 0 Å². The molecule has 45 heavy (non-hydrogen) atoms. The monoisotopic (exact) mass is 636 g/mol. The highest BCUT2D eigenvalue weighted by molar-refractivity contribution is 7.92. The lowest BCUT2D eigenvalue weighted by Gasteiger charge is -2.20. The summed E-state index contributed by atoms with van der Waals surface area (Å²) in [4.78, 5) is 17.7. The zero-order valence-corrected chi connectivity index (χ0v) is 24.8.